The van der Waals surface area contributed by atoms with Crippen LogP contribution in [0.25, 0.3) is 0 Å². The summed E-state index contributed by atoms with van der Waals surface area (Å²) < 4.78 is 0. The molecule has 0 unspecified atom stereocenters. The van der Waals surface area contributed by atoms with Crippen molar-refractivity contribution < 1.29 is 4.79 Å². The number of hydrogen-bond donors (Lipinski definition) is 1. The minimum atomic E-state index is -0.0819. The normalized spacial score (nSPS) is 23.0. The van der Waals surface area contributed by atoms with Gasteiger partial charge in [-0.25, -0.2) is 0 Å². The summed E-state index contributed by atoms with van der Waals surface area (Å²) in [5.41, 5.74) is 5.35. The molecule has 12 heavy (non-hydrogen) atoms. The van der Waals surface area contributed by atoms with Gasteiger partial charge in [0.25, 0.3) is 0 Å². The molecule has 0 aromatic heterocycles. The Morgan fingerprint density at radius 3 is 2.83 bits per heavy atom. The summed E-state index contributed by atoms with van der Waals surface area (Å²) in [7, 11) is 0. The molecule has 0 bridgehead atoms. The Hall–Kier alpha value is -0.350. The highest BCUT2D eigenvalue weighted by Gasteiger charge is 2.24. The van der Waals surface area contributed by atoms with Crippen molar-refractivity contribution in [3.63, 3.8) is 0 Å². The van der Waals surface area contributed by atoms with Crippen LogP contribution >= 0.6 is 11.8 Å². The minimum absolute atomic E-state index is 0.0819. The van der Waals surface area contributed by atoms with Gasteiger partial charge < -0.3 is 5.73 Å². The molecule has 1 aliphatic rings. The van der Waals surface area contributed by atoms with Crippen molar-refractivity contribution in [3.05, 3.63) is 0 Å². The van der Waals surface area contributed by atoms with Crippen molar-refractivity contribution in [2.24, 2.45) is 10.7 Å². The van der Waals surface area contributed by atoms with Crippen molar-refractivity contribution >= 4 is 21.9 Å². The number of carbonyl (C=O) groups is 1. The third-order valence-corrected chi connectivity index (χ3v) is 2.66. The van der Waals surface area contributed by atoms with Crippen molar-refractivity contribution in [2.45, 2.75) is 32.2 Å². The Bertz CT molecular complexity index is 203. The molecule has 1 heterocycles. The number of carbonyl (C=O) groups excluding carboxylic acids is 1. The fourth-order valence-electron chi connectivity index (χ4n) is 1.18. The average Bonchev–Trinajstić information content (AvgIpc) is 2.31. The number of thioether (sulfide) groups is 1. The Morgan fingerprint density at radius 1 is 1.58 bits per heavy atom. The predicted molar refractivity (Wildman–Crippen MR) is 52.4 cm³/mol. The quantitative estimate of drug-likeness (QED) is 0.671. The predicted octanol–water partition coefficient (Wildman–Crippen LogP) is 1.18. The first-order chi connectivity index (χ1) is 5.74. The van der Waals surface area contributed by atoms with Crippen LogP contribution in [0, 0.1) is 0 Å². The highest BCUT2D eigenvalue weighted by molar-refractivity contribution is 8.26. The van der Waals surface area contributed by atoms with E-state index in [-0.39, 0.29) is 11.2 Å². The zero-order valence-corrected chi connectivity index (χ0v) is 8.06. The molecule has 1 atom stereocenters. The van der Waals surface area contributed by atoms with Gasteiger partial charge in [-0.1, -0.05) is 0 Å². The third-order valence-electron chi connectivity index (χ3n) is 1.79. The van der Waals surface area contributed by atoms with Crippen molar-refractivity contribution in [3.8, 4) is 0 Å². The van der Waals surface area contributed by atoms with Crippen molar-refractivity contribution in [1.29, 1.82) is 0 Å². The molecule has 1 aliphatic heterocycles. The van der Waals surface area contributed by atoms with Crippen LogP contribution in [0.3, 0.4) is 0 Å². The van der Waals surface area contributed by atoms with E-state index in [1.54, 1.807) is 0 Å². The van der Waals surface area contributed by atoms with Crippen LogP contribution in [0.4, 0.5) is 0 Å². The number of rotatable bonds is 4. The van der Waals surface area contributed by atoms with Crippen molar-refractivity contribution in [2.75, 3.05) is 6.54 Å². The zero-order chi connectivity index (χ0) is 8.97. The van der Waals surface area contributed by atoms with Gasteiger partial charge in [0, 0.05) is 0 Å². The molecule has 0 amide bonds. The van der Waals surface area contributed by atoms with E-state index in [1.807, 2.05) is 6.92 Å². The molecule has 68 valence electrons. The summed E-state index contributed by atoms with van der Waals surface area (Å²) in [6, 6.07) is -0.0819. The lowest BCUT2D eigenvalue weighted by molar-refractivity contribution is -0.111. The Kier molecular flexibility index (Phi) is 3.75. The van der Waals surface area contributed by atoms with E-state index in [0.717, 1.165) is 24.3 Å². The highest BCUT2D eigenvalue weighted by atomic mass is 32.2. The lowest BCUT2D eigenvalue weighted by Gasteiger charge is -2.02. The maximum atomic E-state index is 11.2. The molecule has 4 heteroatoms. The van der Waals surface area contributed by atoms with E-state index in [2.05, 4.69) is 4.99 Å². The molecule has 3 nitrogen and oxygen atoms in total. The molecule has 0 saturated heterocycles. The largest absolute Gasteiger partial charge is 0.330 e. The zero-order valence-electron chi connectivity index (χ0n) is 7.25. The van der Waals surface area contributed by atoms with Gasteiger partial charge in [-0.2, -0.15) is 0 Å². The molecule has 2 N–H and O–H groups in total. The molecule has 1 rings (SSSR count). The number of hydrogen-bond acceptors (Lipinski definition) is 4. The van der Waals surface area contributed by atoms with Crippen LogP contribution < -0.4 is 5.73 Å². The summed E-state index contributed by atoms with van der Waals surface area (Å²) in [5.74, 6) is 0. The summed E-state index contributed by atoms with van der Waals surface area (Å²) >= 11 is 1.27. The molecule has 0 radical (unpaired) electrons. The maximum Gasteiger partial charge on any atom is 0.219 e. The lowest BCUT2D eigenvalue weighted by Crippen LogP contribution is -2.11. The second kappa shape index (κ2) is 4.62. The van der Waals surface area contributed by atoms with Gasteiger partial charge in [-0.05, 0) is 44.5 Å². The Morgan fingerprint density at radius 2 is 2.33 bits per heavy atom. The maximum absolute atomic E-state index is 11.2. The first kappa shape index (κ1) is 9.74. The third kappa shape index (κ3) is 2.60. The summed E-state index contributed by atoms with van der Waals surface area (Å²) in [5, 5.41) is 1.10. The van der Waals surface area contributed by atoms with Gasteiger partial charge in [-0.3, -0.25) is 9.79 Å². The number of unbranched alkanes of at least 4 members (excludes halogenated alkanes) is 1. The SMILES string of the molecule is CC1=N[C@@H](CCCCN)C(=O)S1. The average molecular weight is 186 g/mol. The minimum Gasteiger partial charge on any atom is -0.330 e. The first-order valence-corrected chi connectivity index (χ1v) is 5.02. The van der Waals surface area contributed by atoms with E-state index in [9.17, 15) is 4.79 Å². The number of aliphatic imine (C=N–C) groups is 1. The first-order valence-electron chi connectivity index (χ1n) is 4.20. The van der Waals surface area contributed by atoms with E-state index in [1.165, 1.54) is 11.8 Å². The molecule has 0 aromatic carbocycles. The van der Waals surface area contributed by atoms with Crippen LogP contribution in [0.5, 0.6) is 0 Å². The van der Waals surface area contributed by atoms with Crippen molar-refractivity contribution in [1.82, 2.24) is 0 Å². The fraction of sp³-hybridized carbons (Fsp3) is 0.750. The summed E-state index contributed by atoms with van der Waals surface area (Å²) in [6.07, 6.45) is 2.85. The van der Waals surface area contributed by atoms with Gasteiger partial charge in [0.1, 0.15) is 6.04 Å². The van der Waals surface area contributed by atoms with E-state index >= 15 is 0 Å². The second-order valence-corrected chi connectivity index (χ2v) is 4.07. The van der Waals surface area contributed by atoms with E-state index < -0.39 is 0 Å². The number of nitrogens with two attached hydrogens (primary N) is 1. The van der Waals surface area contributed by atoms with Gasteiger partial charge in [-0.15, -0.1) is 0 Å². The Balaban J connectivity index is 2.28. The molecule has 0 fully saturated rings. The standard InChI is InChI=1S/C8H14N2OS/c1-6-10-7(8(11)12-6)4-2-3-5-9/h7H,2-5,9H2,1H3/t7-/m0/s1. The van der Waals surface area contributed by atoms with Crippen LogP contribution in [-0.2, 0) is 4.79 Å². The van der Waals surface area contributed by atoms with Gasteiger partial charge in [0.05, 0.1) is 5.04 Å². The van der Waals surface area contributed by atoms with Crippen LogP contribution in [0.2, 0.25) is 0 Å². The summed E-state index contributed by atoms with van der Waals surface area (Å²) in [4.78, 5) is 15.4. The fourth-order valence-corrected chi connectivity index (χ4v) is 1.95. The number of nitrogens with zero attached hydrogens (tertiary/aromatic N) is 1. The van der Waals surface area contributed by atoms with E-state index in [0.29, 0.717) is 6.54 Å². The van der Waals surface area contributed by atoms with Crippen LogP contribution in [0.1, 0.15) is 26.2 Å². The molecule has 0 aromatic rings. The highest BCUT2D eigenvalue weighted by Crippen LogP contribution is 2.22. The van der Waals surface area contributed by atoms with Gasteiger partial charge in [0.15, 0.2) is 0 Å². The molecule has 0 aliphatic carbocycles. The molecular formula is C8H14N2OS. The van der Waals surface area contributed by atoms with Gasteiger partial charge in [0.2, 0.25) is 5.12 Å². The second-order valence-electron chi connectivity index (χ2n) is 2.87. The molecule has 0 spiro atoms. The van der Waals surface area contributed by atoms with Crippen LogP contribution in [0.15, 0.2) is 4.99 Å². The topological polar surface area (TPSA) is 55.4 Å². The monoisotopic (exact) mass is 186 g/mol. The van der Waals surface area contributed by atoms with Gasteiger partial charge >= 0.3 is 0 Å². The summed E-state index contributed by atoms with van der Waals surface area (Å²) in [6.45, 7) is 2.59. The smallest absolute Gasteiger partial charge is 0.219 e. The van der Waals surface area contributed by atoms with Crippen LogP contribution in [-0.4, -0.2) is 22.7 Å². The molecular weight excluding hydrogens is 172 g/mol. The van der Waals surface area contributed by atoms with E-state index in [4.69, 9.17) is 5.73 Å². The molecule has 0 saturated carbocycles. The lowest BCUT2D eigenvalue weighted by atomic mass is 10.1. The Labute approximate surface area is 76.8 Å².